The Bertz CT molecular complexity index is 2240. The number of para-hydroxylation sites is 1. The summed E-state index contributed by atoms with van der Waals surface area (Å²) in [6.45, 7) is 0. The van der Waals surface area contributed by atoms with Gasteiger partial charge in [-0.15, -0.1) is 0 Å². The van der Waals surface area contributed by atoms with E-state index in [-0.39, 0.29) is 0 Å². The van der Waals surface area contributed by atoms with Gasteiger partial charge in [0.25, 0.3) is 0 Å². The van der Waals surface area contributed by atoms with Crippen molar-refractivity contribution in [3.8, 4) is 56.2 Å². The zero-order chi connectivity index (χ0) is 29.3. The minimum Gasteiger partial charge on any atom is -0.255 e. The predicted molar refractivity (Wildman–Crippen MR) is 182 cm³/mol. The third-order valence-corrected chi connectivity index (χ3v) is 8.16. The molecule has 3 heteroatoms. The lowest BCUT2D eigenvalue weighted by Gasteiger charge is -2.14. The highest BCUT2D eigenvalue weighted by atomic mass is 14.8. The van der Waals surface area contributed by atoms with Crippen molar-refractivity contribution in [2.24, 2.45) is 0 Å². The minimum absolute atomic E-state index is 0.869. The highest BCUT2D eigenvalue weighted by Crippen LogP contribution is 2.39. The van der Waals surface area contributed by atoms with E-state index in [9.17, 15) is 0 Å². The number of hydrogen-bond acceptors (Lipinski definition) is 3. The first-order chi connectivity index (χ1) is 21.8. The number of fused-ring (bicyclic) bond motifs is 3. The summed E-state index contributed by atoms with van der Waals surface area (Å²) in [6, 6.07) is 54.9. The Labute approximate surface area is 256 Å². The standard InChI is InChI=1S/C41H27N3/c1-2-10-30(11-3-1)33-13-8-14-35-40(33)34-12-4-5-15-37(34)44-41(35)32-25-21-29(22-26-32)28-19-23-31(24-20-28)36-17-9-18-39(43-36)38-16-6-7-27-42-38/h1-27H. The Hall–Kier alpha value is -5.93. The van der Waals surface area contributed by atoms with Crippen LogP contribution in [0.1, 0.15) is 0 Å². The van der Waals surface area contributed by atoms with Crippen molar-refractivity contribution in [1.29, 1.82) is 0 Å². The van der Waals surface area contributed by atoms with E-state index in [1.54, 1.807) is 6.20 Å². The van der Waals surface area contributed by atoms with Crippen molar-refractivity contribution in [2.75, 3.05) is 0 Å². The zero-order valence-electron chi connectivity index (χ0n) is 23.9. The van der Waals surface area contributed by atoms with Gasteiger partial charge in [-0.2, -0.15) is 0 Å². The number of hydrogen-bond donors (Lipinski definition) is 0. The molecular weight excluding hydrogens is 534 g/mol. The lowest BCUT2D eigenvalue weighted by molar-refractivity contribution is 1.25. The van der Waals surface area contributed by atoms with Crippen molar-refractivity contribution >= 4 is 21.7 Å². The average Bonchev–Trinajstić information content (AvgIpc) is 3.12. The van der Waals surface area contributed by atoms with E-state index in [1.165, 1.54) is 21.9 Å². The Morgan fingerprint density at radius 2 is 0.955 bits per heavy atom. The molecule has 3 nitrogen and oxygen atoms in total. The smallest absolute Gasteiger partial charge is 0.0893 e. The molecular formula is C41H27N3. The van der Waals surface area contributed by atoms with Gasteiger partial charge >= 0.3 is 0 Å². The summed E-state index contributed by atoms with van der Waals surface area (Å²) in [7, 11) is 0. The first-order valence-electron chi connectivity index (χ1n) is 14.8. The molecule has 3 aromatic heterocycles. The number of nitrogens with zero attached hydrogens (tertiary/aromatic N) is 3. The largest absolute Gasteiger partial charge is 0.255 e. The van der Waals surface area contributed by atoms with E-state index in [2.05, 4.69) is 126 Å². The number of rotatable bonds is 5. The molecule has 3 heterocycles. The normalized spacial score (nSPS) is 11.2. The number of aromatic nitrogens is 3. The fraction of sp³-hybridized carbons (Fsp3) is 0. The van der Waals surface area contributed by atoms with E-state index >= 15 is 0 Å². The molecule has 8 aromatic rings. The van der Waals surface area contributed by atoms with Crippen molar-refractivity contribution in [1.82, 2.24) is 15.0 Å². The highest BCUT2D eigenvalue weighted by Gasteiger charge is 2.14. The second-order valence-electron chi connectivity index (χ2n) is 10.8. The van der Waals surface area contributed by atoms with Gasteiger partial charge in [0.2, 0.25) is 0 Å². The molecule has 0 atom stereocenters. The van der Waals surface area contributed by atoms with Crippen LogP contribution in [0.2, 0.25) is 0 Å². The molecule has 0 fully saturated rings. The first kappa shape index (κ1) is 25.8. The van der Waals surface area contributed by atoms with Crippen LogP contribution in [0.15, 0.2) is 164 Å². The first-order valence-corrected chi connectivity index (χ1v) is 14.8. The van der Waals surface area contributed by atoms with E-state index < -0.39 is 0 Å². The molecule has 0 N–H and O–H groups in total. The molecule has 8 rings (SSSR count). The van der Waals surface area contributed by atoms with Gasteiger partial charge < -0.3 is 0 Å². The molecule has 0 unspecified atom stereocenters. The summed E-state index contributed by atoms with van der Waals surface area (Å²) in [4.78, 5) is 14.5. The van der Waals surface area contributed by atoms with Gasteiger partial charge in [0.1, 0.15) is 0 Å². The Balaban J connectivity index is 1.15. The Morgan fingerprint density at radius 3 is 1.73 bits per heavy atom. The third kappa shape index (κ3) is 4.71. The quantitative estimate of drug-likeness (QED) is 0.196. The Kier molecular flexibility index (Phi) is 6.47. The van der Waals surface area contributed by atoms with E-state index in [4.69, 9.17) is 9.97 Å². The fourth-order valence-electron chi connectivity index (χ4n) is 5.99. The fourth-order valence-corrected chi connectivity index (χ4v) is 5.99. The van der Waals surface area contributed by atoms with Crippen LogP contribution in [0.3, 0.4) is 0 Å². The van der Waals surface area contributed by atoms with Gasteiger partial charge in [-0.25, -0.2) is 9.97 Å². The zero-order valence-corrected chi connectivity index (χ0v) is 23.9. The summed E-state index contributed by atoms with van der Waals surface area (Å²) in [5.74, 6) is 0. The maximum absolute atomic E-state index is 5.17. The summed E-state index contributed by atoms with van der Waals surface area (Å²) >= 11 is 0. The molecule has 0 saturated carbocycles. The van der Waals surface area contributed by atoms with Crippen LogP contribution in [0.4, 0.5) is 0 Å². The van der Waals surface area contributed by atoms with Gasteiger partial charge in [0.15, 0.2) is 0 Å². The topological polar surface area (TPSA) is 38.7 Å². The second kappa shape index (κ2) is 11.0. The maximum atomic E-state index is 5.17. The predicted octanol–water partition coefficient (Wildman–Crippen LogP) is 10.5. The molecule has 0 aliphatic carbocycles. The van der Waals surface area contributed by atoms with E-state index in [0.29, 0.717) is 0 Å². The van der Waals surface area contributed by atoms with Gasteiger partial charge in [0.05, 0.1) is 28.3 Å². The molecule has 0 aliphatic heterocycles. The molecule has 0 saturated heterocycles. The lowest BCUT2D eigenvalue weighted by atomic mass is 9.92. The van der Waals surface area contributed by atoms with Gasteiger partial charge in [-0.05, 0) is 52.6 Å². The van der Waals surface area contributed by atoms with E-state index in [0.717, 1.165) is 55.9 Å². The summed E-state index contributed by atoms with van der Waals surface area (Å²) in [5, 5.41) is 3.56. The van der Waals surface area contributed by atoms with Crippen LogP contribution < -0.4 is 0 Å². The van der Waals surface area contributed by atoms with Crippen molar-refractivity contribution < 1.29 is 0 Å². The Morgan fingerprint density at radius 1 is 0.341 bits per heavy atom. The second-order valence-corrected chi connectivity index (χ2v) is 10.8. The van der Waals surface area contributed by atoms with Crippen LogP contribution >= 0.6 is 0 Å². The molecule has 0 radical (unpaired) electrons. The molecule has 0 spiro atoms. The van der Waals surface area contributed by atoms with Crippen LogP contribution in [-0.4, -0.2) is 15.0 Å². The molecule has 206 valence electrons. The van der Waals surface area contributed by atoms with Gasteiger partial charge in [-0.1, -0.05) is 127 Å². The van der Waals surface area contributed by atoms with Crippen LogP contribution in [0.25, 0.3) is 77.8 Å². The average molecular weight is 562 g/mol. The monoisotopic (exact) mass is 561 g/mol. The molecule has 44 heavy (non-hydrogen) atoms. The van der Waals surface area contributed by atoms with Crippen molar-refractivity contribution in [2.45, 2.75) is 0 Å². The molecule has 0 amide bonds. The van der Waals surface area contributed by atoms with Crippen LogP contribution in [-0.2, 0) is 0 Å². The highest BCUT2D eigenvalue weighted by molar-refractivity contribution is 6.17. The number of benzene rings is 5. The van der Waals surface area contributed by atoms with Crippen LogP contribution in [0.5, 0.6) is 0 Å². The molecule has 0 bridgehead atoms. The third-order valence-electron chi connectivity index (χ3n) is 8.16. The van der Waals surface area contributed by atoms with Crippen molar-refractivity contribution in [3.63, 3.8) is 0 Å². The molecule has 5 aromatic carbocycles. The molecule has 0 aliphatic rings. The van der Waals surface area contributed by atoms with Crippen molar-refractivity contribution in [3.05, 3.63) is 164 Å². The minimum atomic E-state index is 0.869. The van der Waals surface area contributed by atoms with Gasteiger partial charge in [-0.3, -0.25) is 4.98 Å². The SMILES string of the molecule is c1ccc(-c2cccc3c(-c4ccc(-c5ccc(-c6cccc(-c7ccccn7)n6)cc5)cc4)nc4ccccc4c23)cc1. The summed E-state index contributed by atoms with van der Waals surface area (Å²) < 4.78 is 0. The lowest BCUT2D eigenvalue weighted by Crippen LogP contribution is -1.92. The van der Waals surface area contributed by atoms with Crippen LogP contribution in [0, 0.1) is 0 Å². The maximum Gasteiger partial charge on any atom is 0.0893 e. The van der Waals surface area contributed by atoms with Gasteiger partial charge in [0, 0.05) is 33.5 Å². The number of pyridine rings is 3. The van der Waals surface area contributed by atoms with E-state index in [1.807, 2.05) is 36.4 Å². The summed E-state index contributed by atoms with van der Waals surface area (Å²) in [5.41, 5.74) is 11.6. The summed E-state index contributed by atoms with van der Waals surface area (Å²) in [6.07, 6.45) is 1.80.